The molecule has 1 aromatic rings. The van der Waals surface area contributed by atoms with Crippen LogP contribution in [0.3, 0.4) is 0 Å². The normalized spacial score (nSPS) is 18.1. The summed E-state index contributed by atoms with van der Waals surface area (Å²) in [5, 5.41) is 2.95. The molecule has 92 valence electrons. The SMILES string of the molecule is Cc1cc(Cl)nc(NC(=O)C2(N)CCCC2)n1. The summed E-state index contributed by atoms with van der Waals surface area (Å²) in [6.45, 7) is 1.79. The van der Waals surface area contributed by atoms with Crippen LogP contribution >= 0.6 is 11.6 Å². The summed E-state index contributed by atoms with van der Waals surface area (Å²) in [5.41, 5.74) is 5.95. The molecular weight excluding hydrogens is 240 g/mol. The zero-order chi connectivity index (χ0) is 12.5. The van der Waals surface area contributed by atoms with Gasteiger partial charge in [-0.2, -0.15) is 0 Å². The number of anilines is 1. The van der Waals surface area contributed by atoms with E-state index in [9.17, 15) is 4.79 Å². The van der Waals surface area contributed by atoms with Gasteiger partial charge in [0, 0.05) is 5.69 Å². The number of hydrogen-bond donors (Lipinski definition) is 2. The van der Waals surface area contributed by atoms with Crippen LogP contribution in [-0.4, -0.2) is 21.4 Å². The highest BCUT2D eigenvalue weighted by Gasteiger charge is 2.37. The Morgan fingerprint density at radius 3 is 2.71 bits per heavy atom. The van der Waals surface area contributed by atoms with Crippen molar-refractivity contribution in [2.24, 2.45) is 5.73 Å². The lowest BCUT2D eigenvalue weighted by molar-refractivity contribution is -0.121. The van der Waals surface area contributed by atoms with Crippen LogP contribution < -0.4 is 11.1 Å². The first-order valence-electron chi connectivity index (χ1n) is 5.61. The van der Waals surface area contributed by atoms with Gasteiger partial charge in [0.2, 0.25) is 11.9 Å². The van der Waals surface area contributed by atoms with Crippen molar-refractivity contribution in [2.45, 2.75) is 38.1 Å². The van der Waals surface area contributed by atoms with Crippen LogP contribution in [-0.2, 0) is 4.79 Å². The number of carbonyl (C=O) groups excluding carboxylic acids is 1. The van der Waals surface area contributed by atoms with Crippen LogP contribution in [0, 0.1) is 6.92 Å². The van der Waals surface area contributed by atoms with E-state index in [1.165, 1.54) is 0 Å². The number of aryl methyl sites for hydroxylation is 1. The third-order valence-corrected chi connectivity index (χ3v) is 3.19. The molecule has 1 aliphatic rings. The molecule has 0 unspecified atom stereocenters. The summed E-state index contributed by atoms with van der Waals surface area (Å²) < 4.78 is 0. The van der Waals surface area contributed by atoms with Crippen LogP contribution in [0.25, 0.3) is 0 Å². The minimum absolute atomic E-state index is 0.219. The molecular formula is C11H15ClN4O. The second kappa shape index (κ2) is 4.58. The monoisotopic (exact) mass is 254 g/mol. The summed E-state index contributed by atoms with van der Waals surface area (Å²) in [4.78, 5) is 20.0. The molecule has 1 heterocycles. The Bertz CT molecular complexity index is 423. The van der Waals surface area contributed by atoms with Crippen molar-refractivity contribution < 1.29 is 4.79 Å². The zero-order valence-electron chi connectivity index (χ0n) is 9.66. The largest absolute Gasteiger partial charge is 0.317 e. The van der Waals surface area contributed by atoms with E-state index >= 15 is 0 Å². The molecule has 6 heteroatoms. The van der Waals surface area contributed by atoms with E-state index in [1.54, 1.807) is 13.0 Å². The van der Waals surface area contributed by atoms with Crippen molar-refractivity contribution in [1.82, 2.24) is 9.97 Å². The molecule has 0 saturated heterocycles. The smallest absolute Gasteiger partial charge is 0.246 e. The van der Waals surface area contributed by atoms with Crippen LogP contribution in [0.1, 0.15) is 31.4 Å². The number of hydrogen-bond acceptors (Lipinski definition) is 4. The van der Waals surface area contributed by atoms with Crippen LogP contribution in [0.5, 0.6) is 0 Å². The lowest BCUT2D eigenvalue weighted by Gasteiger charge is -2.21. The van der Waals surface area contributed by atoms with Gasteiger partial charge in [-0.1, -0.05) is 24.4 Å². The first kappa shape index (κ1) is 12.3. The highest BCUT2D eigenvalue weighted by Crippen LogP contribution is 2.28. The number of amides is 1. The average molecular weight is 255 g/mol. The van der Waals surface area contributed by atoms with Gasteiger partial charge in [0.05, 0.1) is 5.54 Å². The molecule has 0 spiro atoms. The first-order valence-corrected chi connectivity index (χ1v) is 5.99. The highest BCUT2D eigenvalue weighted by atomic mass is 35.5. The van der Waals surface area contributed by atoms with E-state index in [2.05, 4.69) is 15.3 Å². The van der Waals surface area contributed by atoms with Crippen molar-refractivity contribution in [2.75, 3.05) is 5.32 Å². The molecule has 0 bridgehead atoms. The molecule has 1 amide bonds. The van der Waals surface area contributed by atoms with Gasteiger partial charge in [-0.15, -0.1) is 0 Å². The van der Waals surface area contributed by atoms with Gasteiger partial charge >= 0.3 is 0 Å². The standard InChI is InChI=1S/C11H15ClN4O/c1-7-6-8(12)15-10(14-7)16-9(17)11(13)4-2-3-5-11/h6H,2-5,13H2,1H3,(H,14,15,16,17). The van der Waals surface area contributed by atoms with Gasteiger partial charge in [-0.25, -0.2) is 9.97 Å². The third kappa shape index (κ3) is 2.73. The van der Waals surface area contributed by atoms with Gasteiger partial charge in [0.15, 0.2) is 0 Å². The maximum absolute atomic E-state index is 12.0. The van der Waals surface area contributed by atoms with Crippen molar-refractivity contribution in [1.29, 1.82) is 0 Å². The van der Waals surface area contributed by atoms with Crippen molar-refractivity contribution in [3.63, 3.8) is 0 Å². The lowest BCUT2D eigenvalue weighted by Crippen LogP contribution is -2.48. The second-order valence-electron chi connectivity index (χ2n) is 4.47. The van der Waals surface area contributed by atoms with E-state index in [4.69, 9.17) is 17.3 Å². The Balaban J connectivity index is 2.12. The minimum Gasteiger partial charge on any atom is -0.317 e. The molecule has 2 rings (SSSR count). The Morgan fingerprint density at radius 1 is 1.47 bits per heavy atom. The molecule has 0 aromatic carbocycles. The summed E-state index contributed by atoms with van der Waals surface area (Å²) in [7, 11) is 0. The van der Waals surface area contributed by atoms with Gasteiger partial charge in [-0.05, 0) is 25.8 Å². The molecule has 17 heavy (non-hydrogen) atoms. The third-order valence-electron chi connectivity index (χ3n) is 3.00. The molecule has 1 saturated carbocycles. The molecule has 0 aliphatic heterocycles. The van der Waals surface area contributed by atoms with Crippen molar-refractivity contribution >= 4 is 23.5 Å². The molecule has 3 N–H and O–H groups in total. The summed E-state index contributed by atoms with van der Waals surface area (Å²) in [5.74, 6) is -0.00612. The van der Waals surface area contributed by atoms with E-state index in [-0.39, 0.29) is 11.9 Å². The molecule has 1 fully saturated rings. The van der Waals surface area contributed by atoms with E-state index in [0.717, 1.165) is 12.8 Å². The topological polar surface area (TPSA) is 80.9 Å². The fourth-order valence-electron chi connectivity index (χ4n) is 2.05. The highest BCUT2D eigenvalue weighted by molar-refractivity contribution is 6.29. The van der Waals surface area contributed by atoms with Gasteiger partial charge in [0.1, 0.15) is 5.15 Å². The molecule has 0 radical (unpaired) electrons. The fourth-order valence-corrected chi connectivity index (χ4v) is 2.28. The zero-order valence-corrected chi connectivity index (χ0v) is 10.4. The van der Waals surface area contributed by atoms with Gasteiger partial charge in [0.25, 0.3) is 0 Å². The number of aromatic nitrogens is 2. The molecule has 1 aliphatic carbocycles. The fraction of sp³-hybridized carbons (Fsp3) is 0.545. The Kier molecular flexibility index (Phi) is 3.31. The van der Waals surface area contributed by atoms with E-state index in [1.807, 2.05) is 0 Å². The Labute approximate surface area is 105 Å². The number of rotatable bonds is 2. The molecule has 0 atom stereocenters. The maximum Gasteiger partial charge on any atom is 0.246 e. The molecule has 5 nitrogen and oxygen atoms in total. The Hall–Kier alpha value is -1.20. The first-order chi connectivity index (χ1) is 7.99. The number of halogens is 1. The van der Waals surface area contributed by atoms with Crippen molar-refractivity contribution in [3.8, 4) is 0 Å². The molecule has 1 aromatic heterocycles. The predicted octanol–water partition coefficient (Wildman–Crippen LogP) is 1.65. The maximum atomic E-state index is 12.0. The van der Waals surface area contributed by atoms with Crippen molar-refractivity contribution in [3.05, 3.63) is 16.9 Å². The van der Waals surface area contributed by atoms with Gasteiger partial charge in [-0.3, -0.25) is 10.1 Å². The Morgan fingerprint density at radius 2 is 2.12 bits per heavy atom. The second-order valence-corrected chi connectivity index (χ2v) is 4.86. The average Bonchev–Trinajstić information content (AvgIpc) is 2.64. The van der Waals surface area contributed by atoms with E-state index in [0.29, 0.717) is 23.7 Å². The van der Waals surface area contributed by atoms with E-state index < -0.39 is 5.54 Å². The predicted molar refractivity (Wildman–Crippen MR) is 65.8 cm³/mol. The minimum atomic E-state index is -0.778. The van der Waals surface area contributed by atoms with Gasteiger partial charge < -0.3 is 5.73 Å². The van der Waals surface area contributed by atoms with Crippen LogP contribution in [0.15, 0.2) is 6.07 Å². The number of nitrogens with one attached hydrogen (secondary N) is 1. The quantitative estimate of drug-likeness (QED) is 0.787. The number of nitrogens with two attached hydrogens (primary N) is 1. The summed E-state index contributed by atoms with van der Waals surface area (Å²) >= 11 is 5.79. The summed E-state index contributed by atoms with van der Waals surface area (Å²) in [6.07, 6.45) is 3.38. The van der Waals surface area contributed by atoms with Crippen LogP contribution in [0.4, 0.5) is 5.95 Å². The van der Waals surface area contributed by atoms with Crippen LogP contribution in [0.2, 0.25) is 5.15 Å². The number of carbonyl (C=O) groups is 1. The number of nitrogens with zero attached hydrogens (tertiary/aromatic N) is 2. The lowest BCUT2D eigenvalue weighted by atomic mass is 9.98. The summed E-state index contributed by atoms with van der Waals surface area (Å²) in [6, 6.07) is 1.63.